The van der Waals surface area contributed by atoms with Crippen LogP contribution in [-0.4, -0.2) is 42.9 Å². The lowest BCUT2D eigenvalue weighted by molar-refractivity contribution is -0.118. The summed E-state index contributed by atoms with van der Waals surface area (Å²) >= 11 is 1.55. The van der Waals surface area contributed by atoms with Crippen molar-refractivity contribution in [2.75, 3.05) is 37.0 Å². The molecule has 1 aromatic carbocycles. The van der Waals surface area contributed by atoms with Gasteiger partial charge in [0, 0.05) is 36.3 Å². The van der Waals surface area contributed by atoms with E-state index in [4.69, 9.17) is 4.74 Å². The molecular formula is C19H23N3O2S. The fourth-order valence-corrected chi connectivity index (χ4v) is 3.38. The van der Waals surface area contributed by atoms with E-state index in [1.165, 1.54) is 5.56 Å². The average Bonchev–Trinajstić information content (AvgIpc) is 2.67. The van der Waals surface area contributed by atoms with Gasteiger partial charge in [-0.1, -0.05) is 23.8 Å². The Balaban J connectivity index is 1.52. The number of pyridine rings is 1. The van der Waals surface area contributed by atoms with E-state index in [2.05, 4.69) is 34.3 Å². The Kier molecular flexibility index (Phi) is 6.30. The largest absolute Gasteiger partial charge is 0.378 e. The molecule has 2 aromatic rings. The van der Waals surface area contributed by atoms with Crippen LogP contribution >= 0.6 is 11.8 Å². The summed E-state index contributed by atoms with van der Waals surface area (Å²) in [5, 5.41) is 3.00. The molecule has 0 atom stereocenters. The van der Waals surface area contributed by atoms with E-state index in [-0.39, 0.29) is 5.91 Å². The predicted molar refractivity (Wildman–Crippen MR) is 101 cm³/mol. The number of nitrogens with one attached hydrogen (secondary N) is 1. The van der Waals surface area contributed by atoms with Crippen LogP contribution in [0, 0.1) is 6.92 Å². The zero-order valence-electron chi connectivity index (χ0n) is 14.4. The number of thioether (sulfide) groups is 1. The first-order valence-electron chi connectivity index (χ1n) is 8.45. The number of benzene rings is 1. The minimum absolute atomic E-state index is 0.0300. The van der Waals surface area contributed by atoms with Gasteiger partial charge in [0.1, 0.15) is 5.82 Å². The standard InChI is InChI=1S/C19H23N3O2S/c1-15-4-6-17(7-5-15)25-14-18(23)21-13-16-3-2-8-20-19(16)22-9-11-24-12-10-22/h2-8H,9-14H2,1H3,(H,21,23). The molecule has 0 radical (unpaired) electrons. The second kappa shape index (κ2) is 8.87. The molecule has 0 spiro atoms. The highest BCUT2D eigenvalue weighted by molar-refractivity contribution is 8.00. The summed E-state index contributed by atoms with van der Waals surface area (Å²) < 4.78 is 5.40. The first kappa shape index (κ1) is 17.8. The van der Waals surface area contributed by atoms with E-state index in [1.54, 1.807) is 18.0 Å². The van der Waals surface area contributed by atoms with Crippen LogP contribution in [0.4, 0.5) is 5.82 Å². The third kappa shape index (κ3) is 5.21. The van der Waals surface area contributed by atoms with E-state index in [0.717, 1.165) is 42.6 Å². The van der Waals surface area contributed by atoms with Crippen LogP contribution in [0.2, 0.25) is 0 Å². The van der Waals surface area contributed by atoms with Gasteiger partial charge in [-0.05, 0) is 25.1 Å². The monoisotopic (exact) mass is 357 g/mol. The maximum absolute atomic E-state index is 12.2. The normalized spacial score (nSPS) is 14.4. The molecular weight excluding hydrogens is 334 g/mol. The fraction of sp³-hybridized carbons (Fsp3) is 0.368. The zero-order valence-corrected chi connectivity index (χ0v) is 15.2. The smallest absolute Gasteiger partial charge is 0.230 e. The van der Waals surface area contributed by atoms with E-state index in [1.807, 2.05) is 24.3 Å². The lowest BCUT2D eigenvalue weighted by atomic mass is 10.2. The van der Waals surface area contributed by atoms with Crippen molar-refractivity contribution in [1.82, 2.24) is 10.3 Å². The third-order valence-electron chi connectivity index (χ3n) is 4.05. The van der Waals surface area contributed by atoms with E-state index in [9.17, 15) is 4.79 Å². The van der Waals surface area contributed by atoms with E-state index < -0.39 is 0 Å². The maximum atomic E-state index is 12.2. The van der Waals surface area contributed by atoms with Crippen LogP contribution < -0.4 is 10.2 Å². The van der Waals surface area contributed by atoms with Crippen molar-refractivity contribution in [2.45, 2.75) is 18.4 Å². The molecule has 3 rings (SSSR count). The van der Waals surface area contributed by atoms with Crippen molar-refractivity contribution in [1.29, 1.82) is 0 Å². The van der Waals surface area contributed by atoms with E-state index >= 15 is 0 Å². The topological polar surface area (TPSA) is 54.5 Å². The Morgan fingerprint density at radius 3 is 2.76 bits per heavy atom. The Morgan fingerprint density at radius 1 is 1.24 bits per heavy atom. The molecule has 1 N–H and O–H groups in total. The summed E-state index contributed by atoms with van der Waals surface area (Å²) in [6, 6.07) is 12.1. The molecule has 1 aliphatic rings. The number of carbonyl (C=O) groups is 1. The molecule has 1 amide bonds. The molecule has 0 bridgehead atoms. The van der Waals surface area contributed by atoms with Crippen molar-refractivity contribution < 1.29 is 9.53 Å². The van der Waals surface area contributed by atoms with Gasteiger partial charge < -0.3 is 15.0 Å². The number of morpholine rings is 1. The minimum atomic E-state index is 0.0300. The summed E-state index contributed by atoms with van der Waals surface area (Å²) in [6.45, 7) is 5.66. The Morgan fingerprint density at radius 2 is 2.00 bits per heavy atom. The molecule has 0 saturated carbocycles. The van der Waals surface area contributed by atoms with Crippen LogP contribution in [0.1, 0.15) is 11.1 Å². The molecule has 0 unspecified atom stereocenters. The summed E-state index contributed by atoms with van der Waals surface area (Å²) in [5.74, 6) is 1.38. The Labute approximate surface area is 152 Å². The molecule has 25 heavy (non-hydrogen) atoms. The molecule has 1 saturated heterocycles. The highest BCUT2D eigenvalue weighted by Crippen LogP contribution is 2.19. The Hall–Kier alpha value is -2.05. The first-order valence-corrected chi connectivity index (χ1v) is 9.44. The van der Waals surface area contributed by atoms with Gasteiger partial charge in [-0.3, -0.25) is 4.79 Å². The van der Waals surface area contributed by atoms with Crippen molar-refractivity contribution in [2.24, 2.45) is 0 Å². The van der Waals surface area contributed by atoms with Crippen LogP contribution in [0.3, 0.4) is 0 Å². The Bertz CT molecular complexity index is 700. The van der Waals surface area contributed by atoms with Crippen LogP contribution in [-0.2, 0) is 16.1 Å². The van der Waals surface area contributed by atoms with E-state index in [0.29, 0.717) is 12.3 Å². The lowest BCUT2D eigenvalue weighted by Gasteiger charge is -2.29. The molecule has 132 valence electrons. The number of hydrogen-bond donors (Lipinski definition) is 1. The molecule has 5 nitrogen and oxygen atoms in total. The maximum Gasteiger partial charge on any atom is 0.230 e. The van der Waals surface area contributed by atoms with Gasteiger partial charge >= 0.3 is 0 Å². The summed E-state index contributed by atoms with van der Waals surface area (Å²) in [5.41, 5.74) is 2.26. The second-order valence-electron chi connectivity index (χ2n) is 5.96. The van der Waals surface area contributed by atoms with Crippen molar-refractivity contribution in [3.63, 3.8) is 0 Å². The van der Waals surface area contributed by atoms with Crippen LogP contribution in [0.25, 0.3) is 0 Å². The molecule has 2 heterocycles. The van der Waals surface area contributed by atoms with Crippen molar-refractivity contribution >= 4 is 23.5 Å². The molecule has 0 aliphatic carbocycles. The van der Waals surface area contributed by atoms with Crippen LogP contribution in [0.5, 0.6) is 0 Å². The second-order valence-corrected chi connectivity index (χ2v) is 7.01. The van der Waals surface area contributed by atoms with Gasteiger partial charge in [-0.15, -0.1) is 11.8 Å². The van der Waals surface area contributed by atoms with Crippen molar-refractivity contribution in [3.05, 3.63) is 53.7 Å². The van der Waals surface area contributed by atoms with Gasteiger partial charge in [0.15, 0.2) is 0 Å². The number of aromatic nitrogens is 1. The minimum Gasteiger partial charge on any atom is -0.378 e. The first-order chi connectivity index (χ1) is 12.2. The summed E-state index contributed by atoms with van der Waals surface area (Å²) in [7, 11) is 0. The molecule has 6 heteroatoms. The SMILES string of the molecule is Cc1ccc(SCC(=O)NCc2cccnc2N2CCOCC2)cc1. The predicted octanol–water partition coefficient (Wildman–Crippen LogP) is 2.64. The van der Waals surface area contributed by atoms with Gasteiger partial charge in [-0.25, -0.2) is 4.98 Å². The number of amides is 1. The number of carbonyl (C=O) groups excluding carboxylic acids is 1. The molecule has 1 fully saturated rings. The summed E-state index contributed by atoms with van der Waals surface area (Å²) in [4.78, 5) is 20.0. The number of anilines is 1. The van der Waals surface area contributed by atoms with Crippen LogP contribution in [0.15, 0.2) is 47.5 Å². The highest BCUT2D eigenvalue weighted by Gasteiger charge is 2.16. The average molecular weight is 357 g/mol. The molecule has 1 aromatic heterocycles. The zero-order chi connectivity index (χ0) is 17.5. The van der Waals surface area contributed by atoms with Gasteiger partial charge in [0.25, 0.3) is 0 Å². The number of aryl methyl sites for hydroxylation is 1. The number of ether oxygens (including phenoxy) is 1. The number of nitrogens with zero attached hydrogens (tertiary/aromatic N) is 2. The molecule has 1 aliphatic heterocycles. The number of hydrogen-bond acceptors (Lipinski definition) is 5. The quantitative estimate of drug-likeness (QED) is 0.806. The van der Waals surface area contributed by atoms with Crippen molar-refractivity contribution in [3.8, 4) is 0 Å². The summed E-state index contributed by atoms with van der Waals surface area (Å²) in [6.07, 6.45) is 1.80. The van der Waals surface area contributed by atoms with Gasteiger partial charge in [0.05, 0.1) is 19.0 Å². The highest BCUT2D eigenvalue weighted by atomic mass is 32.2. The van der Waals surface area contributed by atoms with Gasteiger partial charge in [0.2, 0.25) is 5.91 Å². The fourth-order valence-electron chi connectivity index (χ4n) is 2.66. The third-order valence-corrected chi connectivity index (χ3v) is 5.06. The number of rotatable bonds is 6. The lowest BCUT2D eigenvalue weighted by Crippen LogP contribution is -2.38. The van der Waals surface area contributed by atoms with Gasteiger partial charge in [-0.2, -0.15) is 0 Å².